The molecule has 2 rings (SSSR count). The lowest BCUT2D eigenvalue weighted by Gasteiger charge is -2.28. The minimum atomic E-state index is 0.235. The van der Waals surface area contributed by atoms with Gasteiger partial charge in [-0.1, -0.05) is 25.1 Å². The summed E-state index contributed by atoms with van der Waals surface area (Å²) in [7, 11) is 1.87. The molecule has 0 unspecified atom stereocenters. The van der Waals surface area contributed by atoms with Crippen molar-refractivity contribution in [3.63, 3.8) is 0 Å². The van der Waals surface area contributed by atoms with Crippen LogP contribution in [0.5, 0.6) is 0 Å². The molecule has 1 aromatic rings. The van der Waals surface area contributed by atoms with Gasteiger partial charge in [-0.15, -0.1) is 0 Å². The van der Waals surface area contributed by atoms with Gasteiger partial charge in [0.1, 0.15) is 0 Å². The number of benzene rings is 1. The van der Waals surface area contributed by atoms with Gasteiger partial charge in [0, 0.05) is 19.2 Å². The molecule has 2 heteroatoms. The predicted molar refractivity (Wildman–Crippen MR) is 57.6 cm³/mol. The molecule has 0 spiro atoms. The SMILES string of the molecule is CCc1cccc2c1N(C)C(=O)CC2. The molecular formula is C12H15NO. The van der Waals surface area contributed by atoms with Crippen LogP contribution in [0.25, 0.3) is 0 Å². The van der Waals surface area contributed by atoms with E-state index in [0.717, 1.165) is 18.5 Å². The Balaban J connectivity index is 2.55. The maximum atomic E-state index is 11.6. The molecule has 1 aliphatic rings. The van der Waals surface area contributed by atoms with Gasteiger partial charge in [0.15, 0.2) is 0 Å². The third-order valence-corrected chi connectivity index (χ3v) is 2.90. The second kappa shape index (κ2) is 3.45. The summed E-state index contributed by atoms with van der Waals surface area (Å²) in [5.74, 6) is 0.235. The minimum Gasteiger partial charge on any atom is -0.315 e. The number of anilines is 1. The van der Waals surface area contributed by atoms with Crippen LogP contribution >= 0.6 is 0 Å². The van der Waals surface area contributed by atoms with E-state index in [1.54, 1.807) is 4.90 Å². The smallest absolute Gasteiger partial charge is 0.227 e. The third-order valence-electron chi connectivity index (χ3n) is 2.90. The Morgan fingerprint density at radius 2 is 2.14 bits per heavy atom. The van der Waals surface area contributed by atoms with Crippen molar-refractivity contribution in [2.75, 3.05) is 11.9 Å². The molecule has 0 atom stereocenters. The van der Waals surface area contributed by atoms with Gasteiger partial charge in [-0.05, 0) is 24.0 Å². The molecule has 0 saturated carbocycles. The lowest BCUT2D eigenvalue weighted by atomic mass is 9.97. The summed E-state index contributed by atoms with van der Waals surface area (Å²) in [5.41, 5.74) is 3.73. The zero-order valence-corrected chi connectivity index (χ0v) is 8.71. The fourth-order valence-electron chi connectivity index (χ4n) is 2.10. The van der Waals surface area contributed by atoms with Crippen molar-refractivity contribution in [2.24, 2.45) is 0 Å². The van der Waals surface area contributed by atoms with Crippen LogP contribution in [0.3, 0.4) is 0 Å². The molecule has 1 heterocycles. The minimum absolute atomic E-state index is 0.235. The first-order valence-electron chi connectivity index (χ1n) is 5.11. The summed E-state index contributed by atoms with van der Waals surface area (Å²) in [4.78, 5) is 13.4. The van der Waals surface area contributed by atoms with Gasteiger partial charge >= 0.3 is 0 Å². The topological polar surface area (TPSA) is 20.3 Å². The highest BCUT2D eigenvalue weighted by molar-refractivity contribution is 5.96. The highest BCUT2D eigenvalue weighted by Gasteiger charge is 2.22. The molecular weight excluding hydrogens is 174 g/mol. The number of nitrogens with zero attached hydrogens (tertiary/aromatic N) is 1. The van der Waals surface area contributed by atoms with E-state index in [1.165, 1.54) is 11.1 Å². The Morgan fingerprint density at radius 1 is 1.36 bits per heavy atom. The van der Waals surface area contributed by atoms with Gasteiger partial charge in [0.05, 0.1) is 0 Å². The fraction of sp³-hybridized carbons (Fsp3) is 0.417. The Morgan fingerprint density at radius 3 is 2.86 bits per heavy atom. The number of aryl methyl sites for hydroxylation is 2. The van der Waals surface area contributed by atoms with Gasteiger partial charge in [0.25, 0.3) is 0 Å². The number of carbonyl (C=O) groups excluding carboxylic acids is 1. The molecule has 0 saturated heterocycles. The highest BCUT2D eigenvalue weighted by atomic mass is 16.2. The molecule has 0 bridgehead atoms. The molecule has 0 fully saturated rings. The van der Waals surface area contributed by atoms with Crippen LogP contribution < -0.4 is 4.90 Å². The van der Waals surface area contributed by atoms with E-state index in [0.29, 0.717) is 6.42 Å². The van der Waals surface area contributed by atoms with E-state index in [4.69, 9.17) is 0 Å². The van der Waals surface area contributed by atoms with Crippen LogP contribution in [0, 0.1) is 0 Å². The quantitative estimate of drug-likeness (QED) is 0.663. The molecule has 2 nitrogen and oxygen atoms in total. The zero-order valence-electron chi connectivity index (χ0n) is 8.71. The summed E-state index contributed by atoms with van der Waals surface area (Å²) in [6, 6.07) is 6.31. The standard InChI is InChI=1S/C12H15NO/c1-3-9-5-4-6-10-7-8-11(14)13(2)12(9)10/h4-6H,3,7-8H2,1-2H3. The number of carbonyl (C=O) groups is 1. The first-order valence-corrected chi connectivity index (χ1v) is 5.11. The number of rotatable bonds is 1. The van der Waals surface area contributed by atoms with Gasteiger partial charge in [-0.2, -0.15) is 0 Å². The predicted octanol–water partition coefficient (Wildman–Crippen LogP) is 2.16. The first kappa shape index (κ1) is 9.25. The summed E-state index contributed by atoms with van der Waals surface area (Å²) in [6.45, 7) is 2.13. The number of hydrogen-bond acceptors (Lipinski definition) is 1. The van der Waals surface area contributed by atoms with E-state index >= 15 is 0 Å². The van der Waals surface area contributed by atoms with Crippen LogP contribution in [0.2, 0.25) is 0 Å². The molecule has 1 aromatic carbocycles. The molecule has 0 N–H and O–H groups in total. The van der Waals surface area contributed by atoms with Crippen LogP contribution in [-0.2, 0) is 17.6 Å². The maximum Gasteiger partial charge on any atom is 0.227 e. The van der Waals surface area contributed by atoms with Crippen molar-refractivity contribution in [1.29, 1.82) is 0 Å². The summed E-state index contributed by atoms with van der Waals surface area (Å²) < 4.78 is 0. The second-order valence-electron chi connectivity index (χ2n) is 3.73. The molecule has 1 amide bonds. The van der Waals surface area contributed by atoms with Crippen molar-refractivity contribution < 1.29 is 4.79 Å². The van der Waals surface area contributed by atoms with Crippen LogP contribution in [0.15, 0.2) is 18.2 Å². The van der Waals surface area contributed by atoms with Gasteiger partial charge in [-0.3, -0.25) is 4.79 Å². The number of fused-ring (bicyclic) bond motifs is 1. The lowest BCUT2D eigenvalue weighted by molar-refractivity contribution is -0.118. The van der Waals surface area contributed by atoms with Gasteiger partial charge in [0.2, 0.25) is 5.91 Å². The van der Waals surface area contributed by atoms with Crippen LogP contribution in [-0.4, -0.2) is 13.0 Å². The van der Waals surface area contributed by atoms with E-state index in [-0.39, 0.29) is 5.91 Å². The van der Waals surface area contributed by atoms with E-state index in [9.17, 15) is 4.79 Å². The Labute approximate surface area is 84.5 Å². The average Bonchev–Trinajstić information content (AvgIpc) is 2.23. The summed E-state index contributed by atoms with van der Waals surface area (Å²) in [5, 5.41) is 0. The van der Waals surface area contributed by atoms with Crippen molar-refractivity contribution in [2.45, 2.75) is 26.2 Å². The Hall–Kier alpha value is -1.31. The fourth-order valence-corrected chi connectivity index (χ4v) is 2.10. The average molecular weight is 189 g/mol. The summed E-state index contributed by atoms with van der Waals surface area (Å²) >= 11 is 0. The molecule has 14 heavy (non-hydrogen) atoms. The van der Waals surface area contributed by atoms with Crippen molar-refractivity contribution in [1.82, 2.24) is 0 Å². The second-order valence-corrected chi connectivity index (χ2v) is 3.73. The van der Waals surface area contributed by atoms with E-state index < -0.39 is 0 Å². The first-order chi connectivity index (χ1) is 6.74. The normalized spacial score (nSPS) is 15.6. The molecule has 0 aliphatic carbocycles. The maximum absolute atomic E-state index is 11.6. The van der Waals surface area contributed by atoms with Crippen LogP contribution in [0.1, 0.15) is 24.5 Å². The zero-order chi connectivity index (χ0) is 10.1. The molecule has 0 radical (unpaired) electrons. The molecule has 74 valence electrons. The Kier molecular flexibility index (Phi) is 2.28. The van der Waals surface area contributed by atoms with Crippen molar-refractivity contribution >= 4 is 11.6 Å². The van der Waals surface area contributed by atoms with Crippen LogP contribution in [0.4, 0.5) is 5.69 Å². The van der Waals surface area contributed by atoms with Crippen molar-refractivity contribution in [3.8, 4) is 0 Å². The monoisotopic (exact) mass is 189 g/mol. The van der Waals surface area contributed by atoms with Gasteiger partial charge in [-0.25, -0.2) is 0 Å². The number of para-hydroxylation sites is 1. The summed E-state index contributed by atoms with van der Waals surface area (Å²) in [6.07, 6.45) is 2.53. The molecule has 1 aliphatic heterocycles. The largest absolute Gasteiger partial charge is 0.315 e. The number of amides is 1. The lowest BCUT2D eigenvalue weighted by Crippen LogP contribution is -2.32. The third kappa shape index (κ3) is 1.31. The Bertz CT molecular complexity index is 356. The van der Waals surface area contributed by atoms with Gasteiger partial charge < -0.3 is 4.90 Å². The van der Waals surface area contributed by atoms with Crippen molar-refractivity contribution in [3.05, 3.63) is 29.3 Å². The highest BCUT2D eigenvalue weighted by Crippen LogP contribution is 2.30. The van der Waals surface area contributed by atoms with E-state index in [1.807, 2.05) is 7.05 Å². The van der Waals surface area contributed by atoms with E-state index in [2.05, 4.69) is 25.1 Å². The number of hydrogen-bond donors (Lipinski definition) is 0. The molecule has 0 aromatic heterocycles.